The van der Waals surface area contributed by atoms with E-state index in [0.29, 0.717) is 0 Å². The maximum absolute atomic E-state index is 5.88. The van der Waals surface area contributed by atoms with Gasteiger partial charge in [0.25, 0.3) is 0 Å². The Morgan fingerprint density at radius 2 is 1.89 bits per heavy atom. The minimum atomic E-state index is 0.863. The van der Waals surface area contributed by atoms with Crippen LogP contribution in [-0.4, -0.2) is 4.98 Å². The molecule has 0 spiro atoms. The third-order valence-electron chi connectivity index (χ3n) is 2.89. The number of ether oxygens (including phenoxy) is 1. The number of aryl methyl sites for hydroxylation is 1. The normalized spacial score (nSPS) is 10.3. The fraction of sp³-hybridized carbons (Fsp3) is 0.312. The van der Waals surface area contributed by atoms with E-state index in [9.17, 15) is 0 Å². The predicted octanol–water partition coefficient (Wildman–Crippen LogP) is 4.61. The topological polar surface area (TPSA) is 22.1 Å². The molecule has 0 atom stereocenters. The van der Waals surface area contributed by atoms with Crippen LogP contribution in [0.4, 0.5) is 0 Å². The van der Waals surface area contributed by atoms with E-state index in [1.54, 1.807) is 6.20 Å². The number of nitrogens with zero attached hydrogens (tertiary/aromatic N) is 1. The van der Waals surface area contributed by atoms with Crippen molar-refractivity contribution in [3.8, 4) is 11.5 Å². The zero-order chi connectivity index (χ0) is 12.6. The van der Waals surface area contributed by atoms with Gasteiger partial charge in [0.1, 0.15) is 11.5 Å². The van der Waals surface area contributed by atoms with Crippen molar-refractivity contribution in [1.29, 1.82) is 0 Å². The first kappa shape index (κ1) is 12.6. The molecule has 0 fully saturated rings. The number of benzene rings is 1. The first-order chi connectivity index (χ1) is 8.90. The van der Waals surface area contributed by atoms with Gasteiger partial charge in [-0.2, -0.15) is 0 Å². The molecule has 2 rings (SSSR count). The average molecular weight is 241 g/mol. The van der Waals surface area contributed by atoms with E-state index in [1.807, 2.05) is 42.6 Å². The smallest absolute Gasteiger partial charge is 0.148 e. The van der Waals surface area contributed by atoms with E-state index >= 15 is 0 Å². The van der Waals surface area contributed by atoms with Crippen LogP contribution in [0, 0.1) is 0 Å². The van der Waals surface area contributed by atoms with Crippen LogP contribution in [-0.2, 0) is 6.42 Å². The molecule has 0 unspecified atom stereocenters. The molecule has 2 aromatic rings. The summed E-state index contributed by atoms with van der Waals surface area (Å²) in [6.45, 7) is 2.22. The van der Waals surface area contributed by atoms with Crippen molar-refractivity contribution in [2.24, 2.45) is 0 Å². The van der Waals surface area contributed by atoms with Crippen LogP contribution >= 0.6 is 0 Å². The first-order valence-electron chi connectivity index (χ1n) is 6.56. The van der Waals surface area contributed by atoms with E-state index in [1.165, 1.54) is 24.8 Å². The molecule has 0 aliphatic carbocycles. The second kappa shape index (κ2) is 6.80. The predicted molar refractivity (Wildman–Crippen MR) is 74.0 cm³/mol. The zero-order valence-corrected chi connectivity index (χ0v) is 10.8. The lowest BCUT2D eigenvalue weighted by atomic mass is 10.1. The number of rotatable bonds is 6. The summed E-state index contributed by atoms with van der Waals surface area (Å²) in [4.78, 5) is 4.14. The molecule has 0 amide bonds. The van der Waals surface area contributed by atoms with Crippen molar-refractivity contribution in [3.05, 3.63) is 54.4 Å². The molecule has 1 aromatic carbocycles. The molecule has 0 radical (unpaired) electrons. The summed E-state index contributed by atoms with van der Waals surface area (Å²) in [6.07, 6.45) is 8.38. The SMILES string of the molecule is CCCCCc1ccncc1Oc1ccccc1. The van der Waals surface area contributed by atoms with Crippen molar-refractivity contribution in [2.45, 2.75) is 32.6 Å². The van der Waals surface area contributed by atoms with E-state index in [2.05, 4.69) is 11.9 Å². The van der Waals surface area contributed by atoms with Crippen molar-refractivity contribution < 1.29 is 4.74 Å². The third kappa shape index (κ3) is 3.59. The number of hydrogen-bond donors (Lipinski definition) is 0. The number of hydrogen-bond acceptors (Lipinski definition) is 2. The van der Waals surface area contributed by atoms with E-state index in [0.717, 1.165) is 17.9 Å². The van der Waals surface area contributed by atoms with Gasteiger partial charge < -0.3 is 4.74 Å². The molecular weight excluding hydrogens is 222 g/mol. The van der Waals surface area contributed by atoms with Gasteiger partial charge in [-0.3, -0.25) is 4.98 Å². The zero-order valence-electron chi connectivity index (χ0n) is 10.8. The molecule has 0 aliphatic heterocycles. The summed E-state index contributed by atoms with van der Waals surface area (Å²) in [5.74, 6) is 1.74. The van der Waals surface area contributed by atoms with Crippen molar-refractivity contribution in [2.75, 3.05) is 0 Å². The molecule has 94 valence electrons. The van der Waals surface area contributed by atoms with Gasteiger partial charge in [0.05, 0.1) is 6.20 Å². The van der Waals surface area contributed by atoms with Gasteiger partial charge >= 0.3 is 0 Å². The highest BCUT2D eigenvalue weighted by Gasteiger charge is 2.04. The van der Waals surface area contributed by atoms with Crippen LogP contribution in [0.25, 0.3) is 0 Å². The van der Waals surface area contributed by atoms with Gasteiger partial charge in [0.15, 0.2) is 0 Å². The lowest BCUT2D eigenvalue weighted by Gasteiger charge is -2.10. The summed E-state index contributed by atoms with van der Waals surface area (Å²) in [5.41, 5.74) is 1.24. The molecule has 2 heteroatoms. The van der Waals surface area contributed by atoms with Crippen molar-refractivity contribution >= 4 is 0 Å². The molecule has 18 heavy (non-hydrogen) atoms. The summed E-state index contributed by atoms with van der Waals surface area (Å²) in [6, 6.07) is 11.9. The lowest BCUT2D eigenvalue weighted by molar-refractivity contribution is 0.472. The van der Waals surface area contributed by atoms with Gasteiger partial charge in [-0.15, -0.1) is 0 Å². The fourth-order valence-corrected chi connectivity index (χ4v) is 1.89. The molecule has 0 bridgehead atoms. The summed E-state index contributed by atoms with van der Waals surface area (Å²) >= 11 is 0. The van der Waals surface area contributed by atoms with Crippen LogP contribution in [0.5, 0.6) is 11.5 Å². The quantitative estimate of drug-likeness (QED) is 0.689. The third-order valence-corrected chi connectivity index (χ3v) is 2.89. The maximum atomic E-state index is 5.88. The van der Waals surface area contributed by atoms with Gasteiger partial charge in [-0.25, -0.2) is 0 Å². The fourth-order valence-electron chi connectivity index (χ4n) is 1.89. The monoisotopic (exact) mass is 241 g/mol. The Labute approximate surface area is 109 Å². The van der Waals surface area contributed by atoms with Crippen molar-refractivity contribution in [3.63, 3.8) is 0 Å². The van der Waals surface area contributed by atoms with E-state index in [4.69, 9.17) is 4.74 Å². The second-order valence-corrected chi connectivity index (χ2v) is 4.36. The number of unbranched alkanes of at least 4 members (excludes halogenated alkanes) is 2. The standard InChI is InChI=1S/C16H19NO/c1-2-3-5-8-14-11-12-17-13-16(14)18-15-9-6-4-7-10-15/h4,6-7,9-13H,2-3,5,8H2,1H3. The highest BCUT2D eigenvalue weighted by Crippen LogP contribution is 2.25. The number of pyridine rings is 1. The Kier molecular flexibility index (Phi) is 4.77. The Morgan fingerprint density at radius 3 is 2.67 bits per heavy atom. The highest BCUT2D eigenvalue weighted by molar-refractivity contribution is 5.35. The largest absolute Gasteiger partial charge is 0.455 e. The Hall–Kier alpha value is -1.83. The second-order valence-electron chi connectivity index (χ2n) is 4.36. The molecule has 0 aliphatic rings. The molecule has 1 aromatic heterocycles. The van der Waals surface area contributed by atoms with Crippen LogP contribution in [0.2, 0.25) is 0 Å². The molecule has 0 saturated carbocycles. The van der Waals surface area contributed by atoms with Crippen molar-refractivity contribution in [1.82, 2.24) is 4.98 Å². The highest BCUT2D eigenvalue weighted by atomic mass is 16.5. The Morgan fingerprint density at radius 1 is 1.06 bits per heavy atom. The van der Waals surface area contributed by atoms with Crippen LogP contribution in [0.15, 0.2) is 48.8 Å². The molecular formula is C16H19NO. The minimum Gasteiger partial charge on any atom is -0.455 e. The van der Waals surface area contributed by atoms with Gasteiger partial charge in [-0.1, -0.05) is 38.0 Å². The number of para-hydroxylation sites is 1. The summed E-state index contributed by atoms with van der Waals surface area (Å²) < 4.78 is 5.88. The molecule has 1 heterocycles. The number of aromatic nitrogens is 1. The molecule has 2 nitrogen and oxygen atoms in total. The minimum absolute atomic E-state index is 0.863. The molecule has 0 saturated heterocycles. The maximum Gasteiger partial charge on any atom is 0.148 e. The van der Waals surface area contributed by atoms with Gasteiger partial charge in [0, 0.05) is 6.20 Å². The molecule has 0 N–H and O–H groups in total. The summed E-state index contributed by atoms with van der Waals surface area (Å²) in [5, 5.41) is 0. The van der Waals surface area contributed by atoms with E-state index in [-0.39, 0.29) is 0 Å². The van der Waals surface area contributed by atoms with Crippen LogP contribution < -0.4 is 4.74 Å². The summed E-state index contributed by atoms with van der Waals surface area (Å²) in [7, 11) is 0. The van der Waals surface area contributed by atoms with Crippen LogP contribution in [0.3, 0.4) is 0 Å². The first-order valence-corrected chi connectivity index (χ1v) is 6.56. The Bertz CT molecular complexity index is 468. The van der Waals surface area contributed by atoms with Gasteiger partial charge in [-0.05, 0) is 36.6 Å². The average Bonchev–Trinajstić information content (AvgIpc) is 2.42. The van der Waals surface area contributed by atoms with Gasteiger partial charge in [0.2, 0.25) is 0 Å². The van der Waals surface area contributed by atoms with Crippen LogP contribution in [0.1, 0.15) is 31.7 Å². The Balaban J connectivity index is 2.07. The lowest BCUT2D eigenvalue weighted by Crippen LogP contribution is -1.93. The van der Waals surface area contributed by atoms with E-state index < -0.39 is 0 Å².